The highest BCUT2D eigenvalue weighted by molar-refractivity contribution is 7.86. The predicted octanol–water partition coefficient (Wildman–Crippen LogP) is 1.25. The van der Waals surface area contributed by atoms with E-state index in [0.717, 1.165) is 6.08 Å². The van der Waals surface area contributed by atoms with Crippen LogP contribution in [0.2, 0.25) is 0 Å². The molecule has 1 rings (SSSR count). The molecular weight excluding hydrogens is 1020 g/mol. The zero-order valence-electron chi connectivity index (χ0n) is 44.7. The molecule has 0 radical (unpaired) electrons. The minimum atomic E-state index is -3.95. The molecule has 75 heavy (non-hydrogen) atoms. The number of hydrogen-bond acceptors (Lipinski definition) is 24. The Hall–Kier alpha value is -1.68. The molecule has 0 aromatic rings. The molecule has 26 heteroatoms. The third-order valence-electron chi connectivity index (χ3n) is 9.96. The molecule has 1 saturated carbocycles. The number of ether oxygens (including phenoxy) is 21. The summed E-state index contributed by atoms with van der Waals surface area (Å²) in [7, 11) is -3.95. The summed E-state index contributed by atoms with van der Waals surface area (Å²) in [5.41, 5.74) is 0. The fourth-order valence-electron chi connectivity index (χ4n) is 6.09. The molecule has 0 aliphatic heterocycles. The van der Waals surface area contributed by atoms with Crippen molar-refractivity contribution in [3.63, 3.8) is 0 Å². The Labute approximate surface area is 446 Å². The Balaban J connectivity index is 1.60. The van der Waals surface area contributed by atoms with Crippen LogP contribution in [0.5, 0.6) is 0 Å². The molecule has 0 atom stereocenters. The maximum absolute atomic E-state index is 11.2. The second-order valence-electron chi connectivity index (χ2n) is 15.8. The van der Waals surface area contributed by atoms with Gasteiger partial charge in [-0.25, -0.2) is 4.79 Å². The normalized spacial score (nSPS) is 15.0. The monoisotopic (exact) mass is 1110 g/mol. The third-order valence-corrected chi connectivity index (χ3v) is 11.3. The number of esters is 1. The third kappa shape index (κ3) is 55.4. The van der Waals surface area contributed by atoms with E-state index >= 15 is 0 Å². The Morgan fingerprint density at radius 1 is 0.320 bits per heavy atom. The smallest absolute Gasteiger partial charge is 0.330 e. The van der Waals surface area contributed by atoms with E-state index in [0.29, 0.717) is 283 Å². The van der Waals surface area contributed by atoms with Gasteiger partial charge in [-0.05, 0) is 25.7 Å². The molecule has 0 spiro atoms. The van der Waals surface area contributed by atoms with Crippen molar-refractivity contribution < 1.29 is 117 Å². The molecular formula is C49H94O25S. The van der Waals surface area contributed by atoms with E-state index in [9.17, 15) is 13.2 Å². The van der Waals surface area contributed by atoms with Crippen LogP contribution in [0.1, 0.15) is 25.7 Å². The molecule has 1 fully saturated rings. The molecule has 1 aliphatic carbocycles. The van der Waals surface area contributed by atoms with Crippen LogP contribution in [0.15, 0.2) is 12.7 Å². The maximum atomic E-state index is 11.2. The van der Waals surface area contributed by atoms with E-state index in [-0.39, 0.29) is 12.7 Å². The van der Waals surface area contributed by atoms with Crippen LogP contribution in [0.25, 0.3) is 0 Å². The largest absolute Gasteiger partial charge is 0.460 e. The van der Waals surface area contributed by atoms with Gasteiger partial charge in [0.1, 0.15) is 6.61 Å². The average molecular weight is 1120 g/mol. The Morgan fingerprint density at radius 2 is 0.493 bits per heavy atom. The summed E-state index contributed by atoms with van der Waals surface area (Å²) in [6.45, 7) is 21.6. The summed E-state index contributed by atoms with van der Waals surface area (Å²) in [5.74, 6) is -0.466. The zero-order chi connectivity index (χ0) is 53.9. The van der Waals surface area contributed by atoms with Crippen LogP contribution in [0.3, 0.4) is 0 Å². The van der Waals surface area contributed by atoms with Crippen LogP contribution in [-0.2, 0) is 114 Å². The van der Waals surface area contributed by atoms with Crippen molar-refractivity contribution >= 4 is 16.1 Å². The fraction of sp³-hybridized carbons (Fsp3) is 0.939. The highest BCUT2D eigenvalue weighted by atomic mass is 32.2. The second kappa shape index (κ2) is 58.5. The van der Waals surface area contributed by atoms with Crippen molar-refractivity contribution in [3.05, 3.63) is 12.7 Å². The van der Waals surface area contributed by atoms with Crippen LogP contribution in [-0.4, -0.2) is 295 Å². The van der Waals surface area contributed by atoms with Crippen molar-refractivity contribution in [3.8, 4) is 0 Å². The van der Waals surface area contributed by atoms with E-state index in [1.54, 1.807) is 0 Å². The van der Waals surface area contributed by atoms with Crippen LogP contribution in [0, 0.1) is 0 Å². The van der Waals surface area contributed by atoms with E-state index in [4.69, 9.17) is 104 Å². The molecule has 0 amide bonds. The summed E-state index contributed by atoms with van der Waals surface area (Å²) in [5, 5.41) is -0.668. The molecule has 0 aromatic carbocycles. The molecule has 0 heterocycles. The van der Waals surface area contributed by atoms with Gasteiger partial charge < -0.3 is 99.5 Å². The summed E-state index contributed by atoms with van der Waals surface area (Å²) < 4.78 is 146. The summed E-state index contributed by atoms with van der Waals surface area (Å²) in [6.07, 6.45) is 3.20. The minimum Gasteiger partial charge on any atom is -0.460 e. The molecule has 446 valence electrons. The lowest BCUT2D eigenvalue weighted by atomic mass is 9.97. The number of rotatable bonds is 63. The topological polar surface area (TPSA) is 265 Å². The van der Waals surface area contributed by atoms with E-state index in [2.05, 4.69) is 6.58 Å². The second-order valence-corrected chi connectivity index (χ2v) is 17.5. The van der Waals surface area contributed by atoms with Gasteiger partial charge in [-0.1, -0.05) is 6.58 Å². The van der Waals surface area contributed by atoms with E-state index in [1.165, 1.54) is 0 Å². The van der Waals surface area contributed by atoms with Gasteiger partial charge in [-0.3, -0.25) is 4.55 Å². The molecule has 0 saturated heterocycles. The standard InChI is InChI=1S/C49H94O25S/c1-2-49(50)74-46-44-72-42-40-70-38-36-68-34-32-66-30-28-64-26-24-62-22-20-60-18-16-58-14-12-56-10-8-54-7-9-55-11-13-57-15-17-59-19-21-61-23-25-63-27-29-65-31-33-67-35-37-69-39-41-71-43-45-73-47-3-5-48(6-4-47)75(51,52)53/h2,47-48H,1,3-46H2,(H,51,52,53). The van der Waals surface area contributed by atoms with Crippen molar-refractivity contribution in [2.45, 2.75) is 37.0 Å². The Morgan fingerprint density at radius 3 is 0.667 bits per heavy atom. The summed E-state index contributed by atoms with van der Waals surface area (Å²) in [4.78, 5) is 10.9. The molecule has 0 bridgehead atoms. The van der Waals surface area contributed by atoms with E-state index < -0.39 is 21.3 Å². The Bertz CT molecular complexity index is 1280. The van der Waals surface area contributed by atoms with Crippen LogP contribution >= 0.6 is 0 Å². The van der Waals surface area contributed by atoms with Gasteiger partial charge in [0.15, 0.2) is 0 Å². The number of carbonyl (C=O) groups excluding carboxylic acids is 1. The molecule has 0 aromatic heterocycles. The van der Waals surface area contributed by atoms with Gasteiger partial charge in [0.05, 0.1) is 269 Å². The van der Waals surface area contributed by atoms with Gasteiger partial charge in [-0.15, -0.1) is 0 Å². The quantitative estimate of drug-likeness (QED) is 0.0389. The number of carbonyl (C=O) groups is 1. The van der Waals surface area contributed by atoms with Gasteiger partial charge in [0, 0.05) is 6.08 Å². The SMILES string of the molecule is C=CC(=O)OCCOCCOCCOCCOCCOCCOCCOCCOCCOCCOCCOCCOCCOCCOCCOCCOCCOCCOCCOCCOC1CCC(S(=O)(=O)O)CC1. The van der Waals surface area contributed by atoms with Gasteiger partial charge in [0.25, 0.3) is 10.1 Å². The zero-order valence-corrected chi connectivity index (χ0v) is 45.5. The first-order valence-electron chi connectivity index (χ1n) is 26.3. The maximum Gasteiger partial charge on any atom is 0.330 e. The number of hydrogen-bond donors (Lipinski definition) is 1. The molecule has 25 nitrogen and oxygen atoms in total. The van der Waals surface area contributed by atoms with Crippen LogP contribution < -0.4 is 0 Å². The molecule has 1 aliphatic rings. The summed E-state index contributed by atoms with van der Waals surface area (Å²) in [6, 6.07) is 0. The first-order valence-corrected chi connectivity index (χ1v) is 27.8. The highest BCUT2D eigenvalue weighted by Gasteiger charge is 2.29. The average Bonchev–Trinajstić information content (AvgIpc) is 3.41. The van der Waals surface area contributed by atoms with Crippen LogP contribution in [0.4, 0.5) is 0 Å². The molecule has 0 unspecified atom stereocenters. The first-order chi connectivity index (χ1) is 36.9. The first kappa shape index (κ1) is 71.3. The van der Waals surface area contributed by atoms with Gasteiger partial charge in [0.2, 0.25) is 0 Å². The Kier molecular flexibility index (Phi) is 55.6. The van der Waals surface area contributed by atoms with Crippen molar-refractivity contribution in [2.75, 3.05) is 264 Å². The summed E-state index contributed by atoms with van der Waals surface area (Å²) >= 11 is 0. The van der Waals surface area contributed by atoms with Crippen molar-refractivity contribution in [2.24, 2.45) is 0 Å². The minimum absolute atomic E-state index is 0.00797. The lowest BCUT2D eigenvalue weighted by Gasteiger charge is -2.26. The van der Waals surface area contributed by atoms with E-state index in [1.807, 2.05) is 0 Å². The van der Waals surface area contributed by atoms with Crippen molar-refractivity contribution in [1.29, 1.82) is 0 Å². The fourth-order valence-corrected chi connectivity index (χ4v) is 6.96. The van der Waals surface area contributed by atoms with Gasteiger partial charge in [-0.2, -0.15) is 8.42 Å². The van der Waals surface area contributed by atoms with Gasteiger partial charge >= 0.3 is 5.97 Å². The lowest BCUT2D eigenvalue weighted by Crippen LogP contribution is -2.30. The predicted molar refractivity (Wildman–Crippen MR) is 270 cm³/mol. The molecule has 1 N–H and O–H groups in total. The lowest BCUT2D eigenvalue weighted by molar-refractivity contribution is -0.139. The highest BCUT2D eigenvalue weighted by Crippen LogP contribution is 2.25. The van der Waals surface area contributed by atoms with Crippen molar-refractivity contribution in [1.82, 2.24) is 0 Å².